The highest BCUT2D eigenvalue weighted by molar-refractivity contribution is 6.32. The lowest BCUT2D eigenvalue weighted by Gasteiger charge is -2.31. The van der Waals surface area contributed by atoms with E-state index in [1.807, 2.05) is 0 Å². The maximum absolute atomic E-state index is 11.8. The van der Waals surface area contributed by atoms with Gasteiger partial charge in [-0.3, -0.25) is 4.79 Å². The summed E-state index contributed by atoms with van der Waals surface area (Å²) in [5.41, 5.74) is 0.221. The molecule has 6 heteroatoms. The van der Waals surface area contributed by atoms with Crippen LogP contribution in [0.4, 0.5) is 5.69 Å². The van der Waals surface area contributed by atoms with Crippen LogP contribution in [-0.4, -0.2) is 27.5 Å². The van der Waals surface area contributed by atoms with Gasteiger partial charge < -0.3 is 10.4 Å². The van der Waals surface area contributed by atoms with Crippen molar-refractivity contribution >= 4 is 17.3 Å². The number of aliphatic hydroxyl groups excluding tert-OH is 1. The summed E-state index contributed by atoms with van der Waals surface area (Å²) in [5, 5.41) is 16.4. The van der Waals surface area contributed by atoms with Crippen LogP contribution in [0.25, 0.3) is 0 Å². The van der Waals surface area contributed by atoms with Gasteiger partial charge in [0.15, 0.2) is 0 Å². The highest BCUT2D eigenvalue weighted by atomic mass is 35.5. The highest BCUT2D eigenvalue weighted by Crippen LogP contribution is 2.27. The van der Waals surface area contributed by atoms with Gasteiger partial charge in [0.1, 0.15) is 5.02 Å². The van der Waals surface area contributed by atoms with Crippen LogP contribution in [0.15, 0.2) is 23.6 Å². The number of hydrogen-bond acceptors (Lipinski definition) is 4. The van der Waals surface area contributed by atoms with Crippen LogP contribution in [0.5, 0.6) is 0 Å². The summed E-state index contributed by atoms with van der Waals surface area (Å²) in [6.07, 6.45) is 4.55. The smallest absolute Gasteiger partial charge is 0.287 e. The fraction of sp³-hybridized carbons (Fsp3) is 0.500. The summed E-state index contributed by atoms with van der Waals surface area (Å²) in [7, 11) is 0. The number of hydrogen-bond donors (Lipinski definition) is 2. The standard InChI is InChI=1S/C12H16ClN3O2/c1-2-3-16-12(18)11(13)10(7-15-16)14-6-8-4-9(17)5-8/h2,7-9,14,17H,1,3-6H2. The molecule has 0 saturated heterocycles. The molecule has 2 N–H and O–H groups in total. The molecule has 5 nitrogen and oxygen atoms in total. The number of halogens is 1. The van der Waals surface area contributed by atoms with Crippen LogP contribution in [-0.2, 0) is 6.54 Å². The van der Waals surface area contributed by atoms with E-state index in [2.05, 4.69) is 17.0 Å². The average Bonchev–Trinajstić information content (AvgIpc) is 2.31. The molecule has 0 spiro atoms. The number of nitrogens with zero attached hydrogens (tertiary/aromatic N) is 2. The first kappa shape index (κ1) is 13.1. The minimum Gasteiger partial charge on any atom is -0.393 e. The van der Waals surface area contributed by atoms with Gasteiger partial charge in [0.05, 0.1) is 24.5 Å². The highest BCUT2D eigenvalue weighted by Gasteiger charge is 2.26. The largest absolute Gasteiger partial charge is 0.393 e. The lowest BCUT2D eigenvalue weighted by molar-refractivity contribution is 0.0487. The van der Waals surface area contributed by atoms with Gasteiger partial charge in [-0.1, -0.05) is 17.7 Å². The van der Waals surface area contributed by atoms with E-state index in [9.17, 15) is 9.90 Å². The maximum atomic E-state index is 11.8. The molecular formula is C12H16ClN3O2. The van der Waals surface area contributed by atoms with E-state index in [-0.39, 0.29) is 16.7 Å². The first-order valence-electron chi connectivity index (χ1n) is 5.90. The molecule has 0 aliphatic heterocycles. The Labute approximate surface area is 110 Å². The Kier molecular flexibility index (Phi) is 4.04. The van der Waals surface area contributed by atoms with Crippen LogP contribution in [0.1, 0.15) is 12.8 Å². The minimum absolute atomic E-state index is 0.145. The van der Waals surface area contributed by atoms with Gasteiger partial charge in [-0.05, 0) is 18.8 Å². The molecule has 2 rings (SSSR count). The molecule has 0 bridgehead atoms. The normalized spacial score (nSPS) is 22.3. The van der Waals surface area contributed by atoms with Crippen molar-refractivity contribution in [3.63, 3.8) is 0 Å². The van der Waals surface area contributed by atoms with Crippen LogP contribution in [0.2, 0.25) is 5.02 Å². The van der Waals surface area contributed by atoms with Gasteiger partial charge in [-0.15, -0.1) is 6.58 Å². The second-order valence-corrected chi connectivity index (χ2v) is 4.90. The van der Waals surface area contributed by atoms with Gasteiger partial charge in [0.2, 0.25) is 0 Å². The van der Waals surface area contributed by atoms with Crippen molar-refractivity contribution in [2.45, 2.75) is 25.5 Å². The molecule has 1 aromatic heterocycles. The van der Waals surface area contributed by atoms with E-state index in [4.69, 9.17) is 11.6 Å². The van der Waals surface area contributed by atoms with E-state index in [0.717, 1.165) is 12.8 Å². The van der Waals surface area contributed by atoms with E-state index >= 15 is 0 Å². The monoisotopic (exact) mass is 269 g/mol. The SMILES string of the molecule is C=CCn1ncc(NCC2CC(O)C2)c(Cl)c1=O. The Morgan fingerprint density at radius 3 is 3.00 bits per heavy atom. The van der Waals surface area contributed by atoms with Crippen LogP contribution < -0.4 is 10.9 Å². The predicted molar refractivity (Wildman–Crippen MR) is 70.9 cm³/mol. The van der Waals surface area contributed by atoms with E-state index < -0.39 is 0 Å². The Hall–Kier alpha value is -1.33. The van der Waals surface area contributed by atoms with Crippen molar-refractivity contribution in [2.75, 3.05) is 11.9 Å². The molecule has 0 atom stereocenters. The topological polar surface area (TPSA) is 67.2 Å². The lowest BCUT2D eigenvalue weighted by Crippen LogP contribution is -2.33. The predicted octanol–water partition coefficient (Wildman–Crippen LogP) is 1.27. The zero-order valence-electron chi connectivity index (χ0n) is 9.97. The third-order valence-electron chi connectivity index (χ3n) is 3.08. The molecule has 0 radical (unpaired) electrons. The van der Waals surface area contributed by atoms with Crippen molar-refractivity contribution in [3.05, 3.63) is 34.2 Å². The van der Waals surface area contributed by atoms with Crippen molar-refractivity contribution in [3.8, 4) is 0 Å². The Morgan fingerprint density at radius 2 is 2.39 bits per heavy atom. The number of aliphatic hydroxyl groups is 1. The molecular weight excluding hydrogens is 254 g/mol. The fourth-order valence-corrected chi connectivity index (χ4v) is 2.18. The zero-order chi connectivity index (χ0) is 13.1. The van der Waals surface area contributed by atoms with Crippen molar-refractivity contribution in [1.29, 1.82) is 0 Å². The van der Waals surface area contributed by atoms with Gasteiger partial charge in [-0.2, -0.15) is 5.10 Å². The molecule has 0 amide bonds. The maximum Gasteiger partial charge on any atom is 0.287 e. The summed E-state index contributed by atoms with van der Waals surface area (Å²) >= 11 is 5.99. The quantitative estimate of drug-likeness (QED) is 0.790. The molecule has 0 aromatic carbocycles. The molecule has 98 valence electrons. The number of rotatable bonds is 5. The summed E-state index contributed by atoms with van der Waals surface area (Å²) < 4.78 is 1.26. The van der Waals surface area contributed by atoms with Crippen LogP contribution in [0, 0.1) is 5.92 Å². The van der Waals surface area contributed by atoms with Gasteiger partial charge in [0.25, 0.3) is 5.56 Å². The second kappa shape index (κ2) is 5.54. The summed E-state index contributed by atoms with van der Waals surface area (Å²) in [5.74, 6) is 0.437. The average molecular weight is 270 g/mol. The number of anilines is 1. The van der Waals surface area contributed by atoms with Crippen LogP contribution >= 0.6 is 11.6 Å². The summed E-state index contributed by atoms with van der Waals surface area (Å²) in [6, 6.07) is 0. The van der Waals surface area contributed by atoms with Gasteiger partial charge in [0, 0.05) is 6.54 Å². The first-order valence-corrected chi connectivity index (χ1v) is 6.28. The van der Waals surface area contributed by atoms with Crippen molar-refractivity contribution < 1.29 is 5.11 Å². The fourth-order valence-electron chi connectivity index (χ4n) is 1.96. The Morgan fingerprint density at radius 1 is 1.67 bits per heavy atom. The zero-order valence-corrected chi connectivity index (χ0v) is 10.7. The Bertz CT molecular complexity index is 495. The van der Waals surface area contributed by atoms with E-state index in [1.54, 1.807) is 12.3 Å². The van der Waals surface area contributed by atoms with Crippen molar-refractivity contribution in [1.82, 2.24) is 9.78 Å². The first-order chi connectivity index (χ1) is 8.61. The van der Waals surface area contributed by atoms with E-state index in [1.165, 1.54) is 4.68 Å². The molecule has 1 saturated carbocycles. The van der Waals surface area contributed by atoms with Crippen molar-refractivity contribution in [2.24, 2.45) is 5.92 Å². The van der Waals surface area contributed by atoms with Crippen LogP contribution in [0.3, 0.4) is 0 Å². The second-order valence-electron chi connectivity index (χ2n) is 4.52. The third kappa shape index (κ3) is 2.73. The molecule has 1 fully saturated rings. The van der Waals surface area contributed by atoms with E-state index in [0.29, 0.717) is 24.7 Å². The molecule has 1 aliphatic rings. The number of aromatic nitrogens is 2. The number of nitrogens with one attached hydrogen (secondary N) is 1. The third-order valence-corrected chi connectivity index (χ3v) is 3.44. The molecule has 1 heterocycles. The summed E-state index contributed by atoms with van der Waals surface area (Å²) in [4.78, 5) is 11.8. The summed E-state index contributed by atoms with van der Waals surface area (Å²) in [6.45, 7) is 4.59. The molecule has 18 heavy (non-hydrogen) atoms. The number of allylic oxidation sites excluding steroid dienone is 1. The van der Waals surface area contributed by atoms with Gasteiger partial charge >= 0.3 is 0 Å². The molecule has 1 aliphatic carbocycles. The molecule has 0 unspecified atom stereocenters. The lowest BCUT2D eigenvalue weighted by atomic mass is 9.82. The Balaban J connectivity index is 2.02. The van der Waals surface area contributed by atoms with Gasteiger partial charge in [-0.25, -0.2) is 4.68 Å². The molecule has 1 aromatic rings. The minimum atomic E-state index is -0.324.